The van der Waals surface area contributed by atoms with Crippen LogP contribution in [-0.4, -0.2) is 33.8 Å². The molecule has 0 spiro atoms. The predicted octanol–water partition coefficient (Wildman–Crippen LogP) is 0.820. The molecule has 0 atom stereocenters. The number of rotatable bonds is 8. The highest BCUT2D eigenvalue weighted by Gasteiger charge is 2.08. The second-order valence-electron chi connectivity index (χ2n) is 3.40. The minimum absolute atomic E-state index is 0.144. The van der Waals surface area contributed by atoms with Crippen LogP contribution in [0.2, 0.25) is 0 Å². The van der Waals surface area contributed by atoms with Crippen LogP contribution < -0.4 is 10.0 Å². The number of nitrogens with one attached hydrogen (secondary N) is 2. The van der Waals surface area contributed by atoms with Gasteiger partial charge in [-0.2, -0.15) is 0 Å². The maximum atomic E-state index is 11.5. The van der Waals surface area contributed by atoms with Gasteiger partial charge in [-0.15, -0.1) is 11.3 Å². The summed E-state index contributed by atoms with van der Waals surface area (Å²) >= 11 is 1.65. The molecule has 0 radical (unpaired) electrons. The summed E-state index contributed by atoms with van der Waals surface area (Å²) in [7, 11) is -3.11. The molecule has 0 saturated carbocycles. The highest BCUT2D eigenvalue weighted by Crippen LogP contribution is 2.08. The van der Waals surface area contributed by atoms with E-state index < -0.39 is 10.0 Å². The summed E-state index contributed by atoms with van der Waals surface area (Å²) in [4.78, 5) is 1.20. The summed E-state index contributed by atoms with van der Waals surface area (Å²) in [6.07, 6.45) is 0.762. The molecule has 4 nitrogen and oxygen atoms in total. The van der Waals surface area contributed by atoms with E-state index in [4.69, 9.17) is 0 Å². The zero-order valence-corrected chi connectivity index (χ0v) is 11.0. The van der Waals surface area contributed by atoms with Gasteiger partial charge in [0.15, 0.2) is 0 Å². The lowest BCUT2D eigenvalue weighted by molar-refractivity contribution is 0.578. The Balaban J connectivity index is 2.20. The first kappa shape index (κ1) is 13.6. The molecular formula is C10H18N2O2S2. The Morgan fingerprint density at radius 1 is 1.38 bits per heavy atom. The zero-order valence-electron chi connectivity index (χ0n) is 9.40. The topological polar surface area (TPSA) is 58.2 Å². The minimum Gasteiger partial charge on any atom is -0.316 e. The molecule has 1 aromatic rings. The fourth-order valence-electron chi connectivity index (χ4n) is 1.24. The van der Waals surface area contributed by atoms with Crippen LogP contribution in [0.25, 0.3) is 0 Å². The van der Waals surface area contributed by atoms with Gasteiger partial charge in [0.05, 0.1) is 5.75 Å². The van der Waals surface area contributed by atoms with Crippen molar-refractivity contribution in [2.24, 2.45) is 0 Å². The average molecular weight is 262 g/mol. The second-order valence-corrected chi connectivity index (χ2v) is 6.35. The van der Waals surface area contributed by atoms with E-state index in [1.807, 2.05) is 24.4 Å². The Hall–Kier alpha value is -0.430. The second kappa shape index (κ2) is 7.01. The van der Waals surface area contributed by atoms with Crippen molar-refractivity contribution < 1.29 is 8.42 Å². The molecule has 1 heterocycles. The number of hydrogen-bond donors (Lipinski definition) is 2. The highest BCUT2D eigenvalue weighted by molar-refractivity contribution is 7.89. The van der Waals surface area contributed by atoms with Gasteiger partial charge in [0.2, 0.25) is 10.0 Å². The van der Waals surface area contributed by atoms with Gasteiger partial charge >= 0.3 is 0 Å². The first-order valence-electron chi connectivity index (χ1n) is 5.34. The number of thiophene rings is 1. The van der Waals surface area contributed by atoms with Gasteiger partial charge < -0.3 is 5.32 Å². The van der Waals surface area contributed by atoms with Crippen molar-refractivity contribution in [1.29, 1.82) is 0 Å². The van der Waals surface area contributed by atoms with Crippen molar-refractivity contribution in [2.45, 2.75) is 13.3 Å². The summed E-state index contributed by atoms with van der Waals surface area (Å²) in [5, 5.41) is 4.99. The lowest BCUT2D eigenvalue weighted by atomic mass is 10.3. The van der Waals surface area contributed by atoms with Gasteiger partial charge in [0, 0.05) is 18.0 Å². The first-order chi connectivity index (χ1) is 7.64. The lowest BCUT2D eigenvalue weighted by Gasteiger charge is -2.06. The Morgan fingerprint density at radius 3 is 2.81 bits per heavy atom. The maximum Gasteiger partial charge on any atom is 0.212 e. The smallest absolute Gasteiger partial charge is 0.212 e. The van der Waals surface area contributed by atoms with Gasteiger partial charge in [-0.25, -0.2) is 13.1 Å². The molecule has 1 rings (SSSR count). The lowest BCUT2D eigenvalue weighted by Crippen LogP contribution is -2.33. The Kier molecular flexibility index (Phi) is 5.97. The Bertz CT molecular complexity index is 374. The van der Waals surface area contributed by atoms with E-state index in [-0.39, 0.29) is 5.75 Å². The van der Waals surface area contributed by atoms with Crippen LogP contribution in [-0.2, 0) is 16.4 Å². The van der Waals surface area contributed by atoms with Gasteiger partial charge in [0.1, 0.15) is 0 Å². The van der Waals surface area contributed by atoms with Crippen LogP contribution in [0, 0.1) is 0 Å². The van der Waals surface area contributed by atoms with E-state index in [2.05, 4.69) is 10.0 Å². The SMILES string of the molecule is CCNCCS(=O)(=O)NCCc1cccs1. The van der Waals surface area contributed by atoms with Crippen LogP contribution in [0.15, 0.2) is 17.5 Å². The summed E-state index contributed by atoms with van der Waals surface area (Å²) in [5.74, 6) is 0.144. The van der Waals surface area contributed by atoms with Gasteiger partial charge in [-0.05, 0) is 24.4 Å². The molecule has 2 N–H and O–H groups in total. The van der Waals surface area contributed by atoms with Crippen molar-refractivity contribution in [3.63, 3.8) is 0 Å². The zero-order chi connectivity index (χ0) is 11.9. The normalized spacial score (nSPS) is 11.8. The van der Waals surface area contributed by atoms with Crippen LogP contribution >= 0.6 is 11.3 Å². The van der Waals surface area contributed by atoms with E-state index in [0.29, 0.717) is 13.1 Å². The van der Waals surface area contributed by atoms with Crippen molar-refractivity contribution in [1.82, 2.24) is 10.0 Å². The van der Waals surface area contributed by atoms with Crippen molar-refractivity contribution >= 4 is 21.4 Å². The van der Waals surface area contributed by atoms with Crippen LogP contribution in [0.3, 0.4) is 0 Å². The fraction of sp³-hybridized carbons (Fsp3) is 0.600. The van der Waals surface area contributed by atoms with E-state index in [0.717, 1.165) is 13.0 Å². The van der Waals surface area contributed by atoms with Crippen LogP contribution in [0.5, 0.6) is 0 Å². The maximum absolute atomic E-state index is 11.5. The minimum atomic E-state index is -3.11. The quantitative estimate of drug-likeness (QED) is 0.682. The summed E-state index contributed by atoms with van der Waals surface area (Å²) in [6.45, 7) is 3.74. The Morgan fingerprint density at radius 2 is 2.19 bits per heavy atom. The number of hydrogen-bond acceptors (Lipinski definition) is 4. The Labute approximate surface area is 101 Å². The third-order valence-corrected chi connectivity index (χ3v) is 4.39. The molecule has 0 fully saturated rings. The molecule has 0 unspecified atom stereocenters. The molecule has 0 bridgehead atoms. The molecule has 0 aliphatic carbocycles. The van der Waals surface area contributed by atoms with Crippen LogP contribution in [0.1, 0.15) is 11.8 Å². The summed E-state index contributed by atoms with van der Waals surface area (Å²) in [6, 6.07) is 3.98. The summed E-state index contributed by atoms with van der Waals surface area (Å²) < 4.78 is 25.6. The highest BCUT2D eigenvalue weighted by atomic mass is 32.2. The third kappa shape index (κ3) is 5.60. The van der Waals surface area contributed by atoms with Crippen molar-refractivity contribution in [3.8, 4) is 0 Å². The fourth-order valence-corrected chi connectivity index (χ4v) is 2.92. The molecule has 0 aromatic carbocycles. The van der Waals surface area contributed by atoms with Gasteiger partial charge in [-0.3, -0.25) is 0 Å². The van der Waals surface area contributed by atoms with Gasteiger partial charge in [-0.1, -0.05) is 13.0 Å². The molecule has 16 heavy (non-hydrogen) atoms. The van der Waals surface area contributed by atoms with E-state index >= 15 is 0 Å². The number of sulfonamides is 1. The molecule has 0 aliphatic heterocycles. The molecule has 92 valence electrons. The standard InChI is InChI=1S/C10H18N2O2S2/c1-2-11-7-9-16(13,14)12-6-5-10-4-3-8-15-10/h3-4,8,11-12H,2,5-7,9H2,1H3. The van der Waals surface area contributed by atoms with Gasteiger partial charge in [0.25, 0.3) is 0 Å². The van der Waals surface area contributed by atoms with Crippen molar-refractivity contribution in [2.75, 3.05) is 25.4 Å². The molecular weight excluding hydrogens is 244 g/mol. The average Bonchev–Trinajstić information content (AvgIpc) is 2.70. The van der Waals surface area contributed by atoms with E-state index in [1.165, 1.54) is 4.88 Å². The van der Waals surface area contributed by atoms with Crippen LogP contribution in [0.4, 0.5) is 0 Å². The van der Waals surface area contributed by atoms with E-state index in [1.54, 1.807) is 11.3 Å². The molecule has 1 aromatic heterocycles. The molecule has 0 amide bonds. The first-order valence-corrected chi connectivity index (χ1v) is 7.87. The molecule has 6 heteroatoms. The summed E-state index contributed by atoms with van der Waals surface area (Å²) in [5.41, 5.74) is 0. The molecule has 0 saturated heterocycles. The molecule has 0 aliphatic rings. The third-order valence-electron chi connectivity index (χ3n) is 2.07. The van der Waals surface area contributed by atoms with Crippen molar-refractivity contribution in [3.05, 3.63) is 22.4 Å². The predicted molar refractivity (Wildman–Crippen MR) is 68.4 cm³/mol. The van der Waals surface area contributed by atoms with E-state index in [9.17, 15) is 8.42 Å². The largest absolute Gasteiger partial charge is 0.316 e. The monoisotopic (exact) mass is 262 g/mol.